The molecule has 0 saturated heterocycles. The molecule has 4 amide bonds. The third-order valence-electron chi connectivity index (χ3n) is 7.85. The average Bonchev–Trinajstić information content (AvgIpc) is 3.24. The van der Waals surface area contributed by atoms with Crippen molar-refractivity contribution in [1.82, 2.24) is 20.9 Å². The zero-order valence-corrected chi connectivity index (χ0v) is 27.8. The topological polar surface area (TPSA) is 154 Å². The number of rotatable bonds is 13. The molecule has 0 radical (unpaired) electrons. The number of carbonyl (C=O) groups excluding carboxylic acids is 5. The molecule has 47 heavy (non-hydrogen) atoms. The molecule has 1 aliphatic heterocycles. The summed E-state index contributed by atoms with van der Waals surface area (Å²) in [6.07, 6.45) is 0.489. The van der Waals surface area contributed by atoms with E-state index in [-0.39, 0.29) is 31.1 Å². The summed E-state index contributed by atoms with van der Waals surface area (Å²) in [5, 5.41) is 19.9. The number of nitrogens with zero attached hydrogens (tertiary/aromatic N) is 1. The van der Waals surface area contributed by atoms with Crippen LogP contribution in [0.3, 0.4) is 0 Å². The molecule has 3 atom stereocenters. The number of hydrogen-bond donors (Lipinski definition) is 4. The van der Waals surface area contributed by atoms with Gasteiger partial charge >= 0.3 is 5.97 Å². The molecule has 3 aromatic carbocycles. The summed E-state index contributed by atoms with van der Waals surface area (Å²) in [6, 6.07) is 14.3. The van der Waals surface area contributed by atoms with Crippen molar-refractivity contribution in [2.45, 2.75) is 77.6 Å². The predicted molar refractivity (Wildman–Crippen MR) is 178 cm³/mol. The quantitative estimate of drug-likeness (QED) is 0.162. The minimum atomic E-state index is -1.05. The first-order valence-corrected chi connectivity index (χ1v) is 15.8. The minimum absolute atomic E-state index is 0.00579. The number of benzene rings is 3. The van der Waals surface area contributed by atoms with E-state index < -0.39 is 53.3 Å². The van der Waals surface area contributed by atoms with Crippen LogP contribution >= 0.6 is 0 Å². The van der Waals surface area contributed by atoms with Gasteiger partial charge in [-0.25, -0.2) is 0 Å². The third-order valence-corrected chi connectivity index (χ3v) is 7.85. The summed E-state index contributed by atoms with van der Waals surface area (Å²) in [7, 11) is 1.47. The van der Waals surface area contributed by atoms with Gasteiger partial charge in [0.15, 0.2) is 0 Å². The lowest BCUT2D eigenvalue weighted by Gasteiger charge is -2.30. The summed E-state index contributed by atoms with van der Waals surface area (Å²) in [5.41, 5.74) is 0.505. The van der Waals surface area contributed by atoms with Crippen LogP contribution < -0.4 is 16.0 Å². The highest BCUT2D eigenvalue weighted by Gasteiger charge is 2.38. The Bertz CT molecular complexity index is 1590. The molecule has 4 N–H and O–H groups in total. The molecule has 11 nitrogen and oxygen atoms in total. The van der Waals surface area contributed by atoms with Crippen LogP contribution in [0.4, 0.5) is 0 Å². The van der Waals surface area contributed by atoms with Crippen molar-refractivity contribution >= 4 is 40.4 Å². The summed E-state index contributed by atoms with van der Waals surface area (Å²) in [4.78, 5) is 67.9. The highest BCUT2D eigenvalue weighted by molar-refractivity contribution is 6.23. The first kappa shape index (κ1) is 35.1. The van der Waals surface area contributed by atoms with E-state index in [0.717, 1.165) is 21.2 Å². The first-order valence-electron chi connectivity index (χ1n) is 15.8. The Kier molecular flexibility index (Phi) is 11.0. The number of amides is 4. The Morgan fingerprint density at radius 2 is 1.43 bits per heavy atom. The van der Waals surface area contributed by atoms with Gasteiger partial charge in [-0.3, -0.25) is 34.2 Å². The normalized spacial score (nSPS) is 14.9. The number of nitrogens with one attached hydrogen (secondary N) is 3. The van der Waals surface area contributed by atoms with Crippen LogP contribution in [0, 0.1) is 5.92 Å². The van der Waals surface area contributed by atoms with Crippen LogP contribution in [-0.2, 0) is 25.5 Å². The van der Waals surface area contributed by atoms with Crippen LogP contribution in [0.15, 0.2) is 60.7 Å². The molecule has 0 aromatic heterocycles. The average molecular weight is 645 g/mol. The largest absolute Gasteiger partial charge is 0.508 e. The molecule has 1 aliphatic rings. The monoisotopic (exact) mass is 644 g/mol. The van der Waals surface area contributed by atoms with E-state index in [9.17, 15) is 29.1 Å². The van der Waals surface area contributed by atoms with Gasteiger partial charge in [-0.05, 0) is 80.1 Å². The Morgan fingerprint density at radius 3 is 1.94 bits per heavy atom. The molecule has 0 bridgehead atoms. The summed E-state index contributed by atoms with van der Waals surface area (Å²) < 4.78 is 5.69. The second-order valence-corrected chi connectivity index (χ2v) is 13.3. The number of hydrogen-bond acceptors (Lipinski definition) is 8. The number of phenols is 1. The van der Waals surface area contributed by atoms with E-state index in [1.807, 2.05) is 38.1 Å². The molecular weight excluding hydrogens is 600 g/mol. The number of fused-ring (bicyclic) bond motifs is 2. The lowest BCUT2D eigenvalue weighted by molar-refractivity contribution is -0.158. The van der Waals surface area contributed by atoms with Gasteiger partial charge in [0.1, 0.15) is 23.4 Å². The number of phenolic OH excluding ortho intramolecular Hbond substituents is 1. The standard InChI is InChI=1S/C36H44N4O7/c1-21(2)17-29(32(43)39-30(31(42)37-6)18-22-11-13-25(41)14-12-22)38-28(35(46)47-36(3,4)5)15-16-40-33(44)26-19-23-9-7-8-10-24(23)20-27(26)34(40)45/h7-14,19-21,28-30,38,41H,15-18H2,1-6H3,(H,37,42)(H,39,43)/t28-,29+,30+/m1/s1. The van der Waals surface area contributed by atoms with Crippen LogP contribution in [0.25, 0.3) is 10.8 Å². The highest BCUT2D eigenvalue weighted by atomic mass is 16.6. The number of aromatic hydroxyl groups is 1. The van der Waals surface area contributed by atoms with E-state index in [2.05, 4.69) is 16.0 Å². The van der Waals surface area contributed by atoms with Crippen LogP contribution in [0.5, 0.6) is 5.75 Å². The molecule has 0 fully saturated rings. The summed E-state index contributed by atoms with van der Waals surface area (Å²) in [5.74, 6) is -2.32. The zero-order valence-electron chi connectivity index (χ0n) is 27.8. The Labute approximate surface area is 275 Å². The van der Waals surface area contributed by atoms with Gasteiger partial charge in [-0.2, -0.15) is 0 Å². The molecule has 1 heterocycles. The third kappa shape index (κ3) is 8.94. The van der Waals surface area contributed by atoms with Gasteiger partial charge in [0.05, 0.1) is 17.2 Å². The van der Waals surface area contributed by atoms with E-state index in [0.29, 0.717) is 17.5 Å². The van der Waals surface area contributed by atoms with Crippen molar-refractivity contribution < 1.29 is 33.8 Å². The molecular formula is C36H44N4O7. The van der Waals surface area contributed by atoms with Crippen LogP contribution in [0.2, 0.25) is 0 Å². The van der Waals surface area contributed by atoms with Crippen molar-refractivity contribution in [3.05, 3.63) is 77.4 Å². The Balaban J connectivity index is 1.55. The maximum atomic E-state index is 13.8. The fraction of sp³-hybridized carbons (Fsp3) is 0.417. The maximum absolute atomic E-state index is 13.8. The molecule has 11 heteroatoms. The van der Waals surface area contributed by atoms with E-state index >= 15 is 0 Å². The summed E-state index contributed by atoms with van der Waals surface area (Å²) >= 11 is 0. The molecule has 0 unspecified atom stereocenters. The lowest BCUT2D eigenvalue weighted by Crippen LogP contribution is -2.57. The summed E-state index contributed by atoms with van der Waals surface area (Å²) in [6.45, 7) is 8.96. The zero-order chi connectivity index (χ0) is 34.5. The number of esters is 1. The number of ether oxygens (including phenoxy) is 1. The van der Waals surface area contributed by atoms with Gasteiger partial charge in [0.2, 0.25) is 11.8 Å². The van der Waals surface area contributed by atoms with Crippen molar-refractivity contribution in [2.24, 2.45) is 5.92 Å². The predicted octanol–water partition coefficient (Wildman–Crippen LogP) is 3.72. The fourth-order valence-electron chi connectivity index (χ4n) is 5.57. The molecule has 0 saturated carbocycles. The second-order valence-electron chi connectivity index (χ2n) is 13.3. The molecule has 4 rings (SSSR count). The lowest BCUT2D eigenvalue weighted by atomic mass is 9.99. The van der Waals surface area contributed by atoms with Crippen molar-refractivity contribution in [1.29, 1.82) is 0 Å². The van der Waals surface area contributed by atoms with Gasteiger partial charge < -0.3 is 20.5 Å². The van der Waals surface area contributed by atoms with Gasteiger partial charge in [0.25, 0.3) is 11.8 Å². The number of likely N-dealkylation sites (N-methyl/N-ethyl adjacent to an activating group) is 1. The fourth-order valence-corrected chi connectivity index (χ4v) is 5.57. The second kappa shape index (κ2) is 14.8. The van der Waals surface area contributed by atoms with Crippen LogP contribution in [-0.4, -0.2) is 76.9 Å². The SMILES string of the molecule is CNC(=O)[C@H](Cc1ccc(O)cc1)NC(=O)[C@H](CC(C)C)N[C@H](CCN1C(=O)c2cc3ccccc3cc2C1=O)C(=O)OC(C)(C)C. The number of imide groups is 1. The van der Waals surface area contributed by atoms with Crippen LogP contribution in [0.1, 0.15) is 73.7 Å². The van der Waals surface area contributed by atoms with E-state index in [1.54, 1.807) is 45.0 Å². The molecule has 250 valence electrons. The van der Waals surface area contributed by atoms with E-state index in [4.69, 9.17) is 4.74 Å². The van der Waals surface area contributed by atoms with Crippen molar-refractivity contribution in [2.75, 3.05) is 13.6 Å². The number of carbonyl (C=O) groups is 5. The van der Waals surface area contributed by atoms with Crippen molar-refractivity contribution in [3.63, 3.8) is 0 Å². The molecule has 3 aromatic rings. The van der Waals surface area contributed by atoms with E-state index in [1.165, 1.54) is 19.2 Å². The Morgan fingerprint density at radius 1 is 0.851 bits per heavy atom. The van der Waals surface area contributed by atoms with Gasteiger partial charge in [-0.1, -0.05) is 50.2 Å². The first-order chi connectivity index (χ1) is 22.2. The molecule has 0 spiro atoms. The minimum Gasteiger partial charge on any atom is -0.508 e. The maximum Gasteiger partial charge on any atom is 0.323 e. The highest BCUT2D eigenvalue weighted by Crippen LogP contribution is 2.28. The van der Waals surface area contributed by atoms with Crippen molar-refractivity contribution in [3.8, 4) is 5.75 Å². The molecule has 0 aliphatic carbocycles. The van der Waals surface area contributed by atoms with Gasteiger partial charge in [-0.15, -0.1) is 0 Å². The smallest absolute Gasteiger partial charge is 0.323 e. The Hall–Kier alpha value is -4.77. The van der Waals surface area contributed by atoms with Gasteiger partial charge in [0, 0.05) is 20.0 Å².